The SMILES string of the molecule is Cc1cccc2c1N(S(=O)(=O)CCCCl)CCC2. The van der Waals surface area contributed by atoms with Crippen LogP contribution < -0.4 is 4.31 Å². The molecule has 1 heterocycles. The van der Waals surface area contributed by atoms with E-state index in [2.05, 4.69) is 0 Å². The van der Waals surface area contributed by atoms with Crippen LogP contribution in [0.3, 0.4) is 0 Å². The van der Waals surface area contributed by atoms with Gasteiger partial charge < -0.3 is 0 Å². The molecule has 1 aromatic rings. The number of benzene rings is 1. The lowest BCUT2D eigenvalue weighted by molar-refractivity contribution is 0.585. The lowest BCUT2D eigenvalue weighted by atomic mass is 10.0. The molecule has 100 valence electrons. The van der Waals surface area contributed by atoms with Gasteiger partial charge in [0.1, 0.15) is 0 Å². The molecule has 3 nitrogen and oxygen atoms in total. The van der Waals surface area contributed by atoms with Gasteiger partial charge in [0.15, 0.2) is 0 Å². The number of nitrogens with zero attached hydrogens (tertiary/aromatic N) is 1. The molecule has 18 heavy (non-hydrogen) atoms. The molecule has 0 aromatic heterocycles. The zero-order valence-corrected chi connectivity index (χ0v) is 12.1. The Balaban J connectivity index is 2.38. The van der Waals surface area contributed by atoms with Gasteiger partial charge in [-0.3, -0.25) is 4.31 Å². The summed E-state index contributed by atoms with van der Waals surface area (Å²) >= 11 is 5.60. The molecule has 0 aliphatic carbocycles. The standard InChI is InChI=1S/C13H18ClNO2S/c1-11-5-2-6-12-7-3-9-15(13(11)12)18(16,17)10-4-8-14/h2,5-6H,3-4,7-10H2,1H3. The van der Waals surface area contributed by atoms with E-state index in [1.165, 1.54) is 0 Å². The van der Waals surface area contributed by atoms with E-state index in [-0.39, 0.29) is 5.75 Å². The summed E-state index contributed by atoms with van der Waals surface area (Å²) < 4.78 is 26.2. The van der Waals surface area contributed by atoms with Crippen LogP contribution in [0.1, 0.15) is 24.0 Å². The fourth-order valence-electron chi connectivity index (χ4n) is 2.43. The van der Waals surface area contributed by atoms with Gasteiger partial charge >= 0.3 is 0 Å². The van der Waals surface area contributed by atoms with Crippen LogP contribution >= 0.6 is 11.6 Å². The smallest absolute Gasteiger partial charge is 0.235 e. The molecule has 1 aliphatic rings. The predicted molar refractivity (Wildman–Crippen MR) is 76.0 cm³/mol. The Labute approximate surface area is 114 Å². The molecular weight excluding hydrogens is 270 g/mol. The van der Waals surface area contributed by atoms with Gasteiger partial charge in [-0.15, -0.1) is 11.6 Å². The molecule has 5 heteroatoms. The Morgan fingerprint density at radius 1 is 1.39 bits per heavy atom. The lowest BCUT2D eigenvalue weighted by Gasteiger charge is -2.31. The van der Waals surface area contributed by atoms with Gasteiger partial charge in [-0.2, -0.15) is 0 Å². The predicted octanol–water partition coefficient (Wildman–Crippen LogP) is 2.71. The van der Waals surface area contributed by atoms with Gasteiger partial charge in [0.05, 0.1) is 11.4 Å². The van der Waals surface area contributed by atoms with Crippen LogP contribution in [-0.2, 0) is 16.4 Å². The maximum atomic E-state index is 12.3. The van der Waals surface area contributed by atoms with Crippen LogP contribution in [0, 0.1) is 6.92 Å². The van der Waals surface area contributed by atoms with Crippen LogP contribution in [0.15, 0.2) is 18.2 Å². The molecule has 0 amide bonds. The molecule has 0 radical (unpaired) electrons. The first kappa shape index (κ1) is 13.7. The van der Waals surface area contributed by atoms with Crippen molar-refractivity contribution in [3.63, 3.8) is 0 Å². The molecule has 1 aromatic carbocycles. The second kappa shape index (κ2) is 5.49. The number of hydrogen-bond acceptors (Lipinski definition) is 2. The van der Waals surface area contributed by atoms with Crippen molar-refractivity contribution in [2.75, 3.05) is 22.5 Å². The van der Waals surface area contributed by atoms with Gasteiger partial charge in [0, 0.05) is 12.4 Å². The molecular formula is C13H18ClNO2S. The first-order chi connectivity index (χ1) is 8.56. The number of sulfonamides is 1. The molecule has 1 aliphatic heterocycles. The Morgan fingerprint density at radius 3 is 2.89 bits per heavy atom. The quantitative estimate of drug-likeness (QED) is 0.799. The molecule has 2 rings (SSSR count). The second-order valence-electron chi connectivity index (χ2n) is 4.62. The largest absolute Gasteiger partial charge is 0.270 e. The molecule has 0 saturated carbocycles. The number of para-hydroxylation sites is 1. The van der Waals surface area contributed by atoms with Crippen LogP contribution in [0.2, 0.25) is 0 Å². The van der Waals surface area contributed by atoms with Crippen molar-refractivity contribution < 1.29 is 8.42 Å². The Kier molecular flexibility index (Phi) is 4.17. The number of halogens is 1. The number of alkyl halides is 1. The molecule has 0 spiro atoms. The van der Waals surface area contributed by atoms with Crippen molar-refractivity contribution in [1.29, 1.82) is 0 Å². The van der Waals surface area contributed by atoms with Crippen molar-refractivity contribution >= 4 is 27.3 Å². The number of hydrogen-bond donors (Lipinski definition) is 0. The van der Waals surface area contributed by atoms with Crippen molar-refractivity contribution in [1.82, 2.24) is 0 Å². The highest BCUT2D eigenvalue weighted by Crippen LogP contribution is 2.32. The number of aryl methyl sites for hydroxylation is 2. The Hall–Kier alpha value is -0.740. The molecule has 0 fully saturated rings. The summed E-state index contributed by atoms with van der Waals surface area (Å²) in [6, 6.07) is 5.98. The van der Waals surface area contributed by atoms with Crippen molar-refractivity contribution in [3.8, 4) is 0 Å². The highest BCUT2D eigenvalue weighted by atomic mass is 35.5. The average Bonchev–Trinajstić information content (AvgIpc) is 2.36. The fourth-order valence-corrected chi connectivity index (χ4v) is 4.40. The molecule has 0 N–H and O–H groups in total. The maximum absolute atomic E-state index is 12.3. The monoisotopic (exact) mass is 287 g/mol. The average molecular weight is 288 g/mol. The maximum Gasteiger partial charge on any atom is 0.235 e. The minimum absolute atomic E-state index is 0.129. The Morgan fingerprint density at radius 2 is 2.17 bits per heavy atom. The summed E-state index contributed by atoms with van der Waals surface area (Å²) in [5.74, 6) is 0.512. The molecule has 0 atom stereocenters. The van der Waals surface area contributed by atoms with Crippen molar-refractivity contribution in [2.45, 2.75) is 26.2 Å². The van der Waals surface area contributed by atoms with Crippen LogP contribution in [0.25, 0.3) is 0 Å². The summed E-state index contributed by atoms with van der Waals surface area (Å²) in [7, 11) is -3.23. The third-order valence-corrected chi connectivity index (χ3v) is 5.36. The molecule has 0 bridgehead atoms. The second-order valence-corrected chi connectivity index (χ2v) is 7.01. The normalized spacial score (nSPS) is 15.6. The topological polar surface area (TPSA) is 37.4 Å². The van der Waals surface area contributed by atoms with E-state index in [1.807, 2.05) is 25.1 Å². The number of fused-ring (bicyclic) bond motifs is 1. The first-order valence-electron chi connectivity index (χ1n) is 6.21. The van der Waals surface area contributed by atoms with E-state index >= 15 is 0 Å². The van der Waals surface area contributed by atoms with E-state index in [1.54, 1.807) is 4.31 Å². The summed E-state index contributed by atoms with van der Waals surface area (Å²) in [5.41, 5.74) is 3.05. The van der Waals surface area contributed by atoms with Crippen molar-refractivity contribution in [2.24, 2.45) is 0 Å². The van der Waals surface area contributed by atoms with Crippen LogP contribution in [-0.4, -0.2) is 26.6 Å². The van der Waals surface area contributed by atoms with E-state index in [9.17, 15) is 8.42 Å². The van der Waals surface area contributed by atoms with Crippen LogP contribution in [0.5, 0.6) is 0 Å². The Bertz CT molecular complexity index is 528. The third kappa shape index (κ3) is 2.64. The van der Waals surface area contributed by atoms with Gasteiger partial charge in [0.2, 0.25) is 10.0 Å². The van der Waals surface area contributed by atoms with Gasteiger partial charge in [-0.1, -0.05) is 18.2 Å². The minimum atomic E-state index is -3.23. The van der Waals surface area contributed by atoms with E-state index in [0.29, 0.717) is 18.8 Å². The van der Waals surface area contributed by atoms with Crippen LogP contribution in [0.4, 0.5) is 5.69 Å². The van der Waals surface area contributed by atoms with E-state index in [0.717, 1.165) is 29.7 Å². The fraction of sp³-hybridized carbons (Fsp3) is 0.538. The number of anilines is 1. The highest BCUT2D eigenvalue weighted by molar-refractivity contribution is 7.92. The third-order valence-electron chi connectivity index (χ3n) is 3.25. The lowest BCUT2D eigenvalue weighted by Crippen LogP contribution is -2.37. The van der Waals surface area contributed by atoms with Gasteiger partial charge in [-0.25, -0.2) is 8.42 Å². The zero-order chi connectivity index (χ0) is 13.2. The van der Waals surface area contributed by atoms with E-state index in [4.69, 9.17) is 11.6 Å². The summed E-state index contributed by atoms with van der Waals surface area (Å²) in [6.45, 7) is 2.55. The molecule has 0 saturated heterocycles. The number of rotatable bonds is 4. The first-order valence-corrected chi connectivity index (χ1v) is 8.35. The van der Waals surface area contributed by atoms with Crippen molar-refractivity contribution in [3.05, 3.63) is 29.3 Å². The zero-order valence-electron chi connectivity index (χ0n) is 10.5. The van der Waals surface area contributed by atoms with Gasteiger partial charge in [-0.05, 0) is 37.3 Å². The summed E-state index contributed by atoms with van der Waals surface area (Å²) in [4.78, 5) is 0. The highest BCUT2D eigenvalue weighted by Gasteiger charge is 2.27. The minimum Gasteiger partial charge on any atom is -0.270 e. The summed E-state index contributed by atoms with van der Waals surface area (Å²) in [5, 5.41) is 0. The summed E-state index contributed by atoms with van der Waals surface area (Å²) in [6.07, 6.45) is 2.34. The van der Waals surface area contributed by atoms with E-state index < -0.39 is 10.0 Å². The van der Waals surface area contributed by atoms with Gasteiger partial charge in [0.25, 0.3) is 0 Å². The molecule has 0 unspecified atom stereocenters.